The Morgan fingerprint density at radius 2 is 1.85 bits per heavy atom. The standard InChI is InChI=1S/C16H16N6O3S/c1-26(24,25)12-8-6-11(7-9-12)22-15(19-20-21-22)10-18-14-5-3-2-4-13(14)16(17)23/h2-9,18H,10H2,1H3,(H2,17,23). The molecule has 10 heteroatoms. The molecule has 1 amide bonds. The third-order valence-corrected chi connectivity index (χ3v) is 4.80. The van der Waals surface area contributed by atoms with Crippen molar-refractivity contribution in [2.24, 2.45) is 5.73 Å². The maximum atomic E-state index is 11.5. The first-order valence-electron chi connectivity index (χ1n) is 7.57. The Bertz CT molecular complexity index is 1040. The molecule has 9 nitrogen and oxygen atoms in total. The highest BCUT2D eigenvalue weighted by molar-refractivity contribution is 7.90. The number of para-hydroxylation sites is 1. The van der Waals surface area contributed by atoms with E-state index in [2.05, 4.69) is 20.8 Å². The maximum absolute atomic E-state index is 11.5. The number of hydrogen-bond donors (Lipinski definition) is 2. The Morgan fingerprint density at radius 1 is 1.15 bits per heavy atom. The van der Waals surface area contributed by atoms with Crippen LogP contribution in [0.4, 0.5) is 5.69 Å². The molecule has 134 valence electrons. The number of anilines is 1. The molecule has 26 heavy (non-hydrogen) atoms. The number of aromatic nitrogens is 4. The quantitative estimate of drug-likeness (QED) is 0.653. The van der Waals surface area contributed by atoms with E-state index in [9.17, 15) is 13.2 Å². The van der Waals surface area contributed by atoms with Crippen LogP contribution in [0.15, 0.2) is 53.4 Å². The molecule has 0 aliphatic carbocycles. The molecule has 0 aliphatic rings. The highest BCUT2D eigenvalue weighted by Gasteiger charge is 2.12. The number of nitrogens with two attached hydrogens (primary N) is 1. The average Bonchev–Trinajstić information content (AvgIpc) is 3.08. The number of benzene rings is 2. The molecular weight excluding hydrogens is 356 g/mol. The minimum absolute atomic E-state index is 0.212. The molecule has 0 aliphatic heterocycles. The average molecular weight is 372 g/mol. The van der Waals surface area contributed by atoms with Crippen LogP contribution in [-0.2, 0) is 16.4 Å². The summed E-state index contributed by atoms with van der Waals surface area (Å²) in [6, 6.07) is 13.1. The van der Waals surface area contributed by atoms with Gasteiger partial charge in [0, 0.05) is 11.9 Å². The van der Waals surface area contributed by atoms with Crippen LogP contribution < -0.4 is 11.1 Å². The normalized spacial score (nSPS) is 11.3. The van der Waals surface area contributed by atoms with Crippen LogP contribution in [0, 0.1) is 0 Å². The van der Waals surface area contributed by atoms with Gasteiger partial charge in [-0.1, -0.05) is 12.1 Å². The van der Waals surface area contributed by atoms with Crippen LogP contribution in [0.25, 0.3) is 5.69 Å². The Labute approximate surface area is 149 Å². The number of amides is 1. The molecule has 3 rings (SSSR count). The largest absolute Gasteiger partial charge is 0.377 e. The molecule has 0 fully saturated rings. The summed E-state index contributed by atoms with van der Waals surface area (Å²) < 4.78 is 24.6. The molecule has 2 aromatic carbocycles. The fourth-order valence-electron chi connectivity index (χ4n) is 2.38. The summed E-state index contributed by atoms with van der Waals surface area (Å²) >= 11 is 0. The predicted octanol–water partition coefficient (Wildman–Crippen LogP) is 0.777. The highest BCUT2D eigenvalue weighted by atomic mass is 32.2. The number of sulfone groups is 1. The van der Waals surface area contributed by atoms with Gasteiger partial charge in [-0.2, -0.15) is 4.68 Å². The van der Waals surface area contributed by atoms with E-state index in [0.717, 1.165) is 6.26 Å². The topological polar surface area (TPSA) is 133 Å². The first kappa shape index (κ1) is 17.5. The van der Waals surface area contributed by atoms with E-state index in [1.54, 1.807) is 36.4 Å². The van der Waals surface area contributed by atoms with Gasteiger partial charge in [-0.25, -0.2) is 8.42 Å². The summed E-state index contributed by atoms with van der Waals surface area (Å²) in [5.74, 6) is -0.0552. The molecule has 0 radical (unpaired) electrons. The number of nitrogens with one attached hydrogen (secondary N) is 1. The van der Waals surface area contributed by atoms with Gasteiger partial charge in [0.2, 0.25) is 0 Å². The van der Waals surface area contributed by atoms with Crippen LogP contribution in [0.1, 0.15) is 16.2 Å². The SMILES string of the molecule is CS(=O)(=O)c1ccc(-n2nnnc2CNc2ccccc2C(N)=O)cc1. The maximum Gasteiger partial charge on any atom is 0.250 e. The van der Waals surface area contributed by atoms with Crippen molar-refractivity contribution in [3.8, 4) is 5.69 Å². The summed E-state index contributed by atoms with van der Waals surface area (Å²) in [6.07, 6.45) is 1.14. The van der Waals surface area contributed by atoms with E-state index in [4.69, 9.17) is 5.73 Å². The smallest absolute Gasteiger partial charge is 0.250 e. The molecule has 0 saturated heterocycles. The second-order valence-electron chi connectivity index (χ2n) is 5.54. The Kier molecular flexibility index (Phi) is 4.67. The summed E-state index contributed by atoms with van der Waals surface area (Å²) in [5, 5.41) is 14.6. The summed E-state index contributed by atoms with van der Waals surface area (Å²) in [4.78, 5) is 11.7. The Balaban J connectivity index is 1.83. The van der Waals surface area contributed by atoms with E-state index < -0.39 is 15.7 Å². The van der Waals surface area contributed by atoms with Crippen molar-refractivity contribution in [3.05, 3.63) is 59.9 Å². The lowest BCUT2D eigenvalue weighted by Crippen LogP contribution is -2.15. The summed E-state index contributed by atoms with van der Waals surface area (Å²) in [6.45, 7) is 0.241. The fourth-order valence-corrected chi connectivity index (χ4v) is 3.01. The molecule has 1 aromatic heterocycles. The van der Waals surface area contributed by atoms with Gasteiger partial charge in [0.1, 0.15) is 0 Å². The van der Waals surface area contributed by atoms with Gasteiger partial charge in [0.25, 0.3) is 5.91 Å². The van der Waals surface area contributed by atoms with E-state index >= 15 is 0 Å². The highest BCUT2D eigenvalue weighted by Crippen LogP contribution is 2.17. The van der Waals surface area contributed by atoms with Crippen LogP contribution in [0.3, 0.4) is 0 Å². The third kappa shape index (κ3) is 3.70. The number of hydrogen-bond acceptors (Lipinski definition) is 7. The second-order valence-corrected chi connectivity index (χ2v) is 7.55. The third-order valence-electron chi connectivity index (χ3n) is 3.67. The molecule has 0 spiro atoms. The van der Waals surface area contributed by atoms with Gasteiger partial charge >= 0.3 is 0 Å². The first-order valence-corrected chi connectivity index (χ1v) is 9.46. The molecular formula is C16H16N6O3S. The molecule has 0 unspecified atom stereocenters. The lowest BCUT2D eigenvalue weighted by atomic mass is 10.1. The minimum Gasteiger partial charge on any atom is -0.377 e. The van der Waals surface area contributed by atoms with Gasteiger partial charge < -0.3 is 11.1 Å². The van der Waals surface area contributed by atoms with E-state index in [1.807, 2.05) is 0 Å². The number of carbonyl (C=O) groups excluding carboxylic acids is 1. The summed E-state index contributed by atoms with van der Waals surface area (Å²) in [7, 11) is -3.27. The van der Waals surface area contributed by atoms with Gasteiger partial charge in [-0.05, 0) is 46.8 Å². The van der Waals surface area contributed by atoms with Crippen molar-refractivity contribution in [1.82, 2.24) is 20.2 Å². The van der Waals surface area contributed by atoms with E-state index in [0.29, 0.717) is 22.8 Å². The molecule has 3 aromatic rings. The lowest BCUT2D eigenvalue weighted by molar-refractivity contribution is 0.100. The first-order chi connectivity index (χ1) is 12.4. The second kappa shape index (κ2) is 6.92. The number of tetrazole rings is 1. The van der Waals surface area contributed by atoms with Crippen LogP contribution in [-0.4, -0.2) is 40.8 Å². The lowest BCUT2D eigenvalue weighted by Gasteiger charge is -2.10. The van der Waals surface area contributed by atoms with Gasteiger partial charge in [0.15, 0.2) is 15.7 Å². The minimum atomic E-state index is -3.27. The van der Waals surface area contributed by atoms with E-state index in [-0.39, 0.29) is 11.4 Å². The predicted molar refractivity (Wildman–Crippen MR) is 94.6 cm³/mol. The fraction of sp³-hybridized carbons (Fsp3) is 0.125. The zero-order valence-electron chi connectivity index (χ0n) is 13.8. The monoisotopic (exact) mass is 372 g/mol. The molecule has 0 atom stereocenters. The van der Waals surface area contributed by atoms with Crippen molar-refractivity contribution in [1.29, 1.82) is 0 Å². The Morgan fingerprint density at radius 3 is 2.50 bits per heavy atom. The molecule has 0 saturated carbocycles. The Hall–Kier alpha value is -3.27. The van der Waals surface area contributed by atoms with Crippen molar-refractivity contribution in [3.63, 3.8) is 0 Å². The molecule has 0 bridgehead atoms. The van der Waals surface area contributed by atoms with Gasteiger partial charge in [0.05, 0.1) is 22.7 Å². The van der Waals surface area contributed by atoms with Crippen molar-refractivity contribution >= 4 is 21.4 Å². The van der Waals surface area contributed by atoms with E-state index in [1.165, 1.54) is 16.8 Å². The molecule has 1 heterocycles. The van der Waals surface area contributed by atoms with Gasteiger partial charge in [-0.15, -0.1) is 5.10 Å². The molecule has 3 N–H and O–H groups in total. The zero-order chi connectivity index (χ0) is 18.7. The zero-order valence-corrected chi connectivity index (χ0v) is 14.6. The number of nitrogens with zero attached hydrogens (tertiary/aromatic N) is 4. The number of carbonyl (C=O) groups is 1. The van der Waals surface area contributed by atoms with Crippen LogP contribution in [0.2, 0.25) is 0 Å². The summed E-state index contributed by atoms with van der Waals surface area (Å²) in [5.41, 5.74) is 6.91. The number of rotatable bonds is 6. The van der Waals surface area contributed by atoms with Crippen molar-refractivity contribution in [2.45, 2.75) is 11.4 Å². The van der Waals surface area contributed by atoms with Gasteiger partial charge in [-0.3, -0.25) is 4.79 Å². The number of primary amides is 1. The van der Waals surface area contributed by atoms with Crippen molar-refractivity contribution in [2.75, 3.05) is 11.6 Å². The van der Waals surface area contributed by atoms with Crippen LogP contribution in [0.5, 0.6) is 0 Å². The van der Waals surface area contributed by atoms with Crippen molar-refractivity contribution < 1.29 is 13.2 Å². The van der Waals surface area contributed by atoms with Crippen LogP contribution >= 0.6 is 0 Å².